The second-order valence-electron chi connectivity index (χ2n) is 6.75. The Morgan fingerprint density at radius 2 is 2.14 bits per heavy atom. The minimum absolute atomic E-state index is 0.159. The molecule has 2 rings (SSSR count). The summed E-state index contributed by atoms with van der Waals surface area (Å²) in [5.74, 6) is 0.435. The van der Waals surface area contributed by atoms with Gasteiger partial charge in [0.15, 0.2) is 0 Å². The Kier molecular flexibility index (Phi) is 6.36. The summed E-state index contributed by atoms with van der Waals surface area (Å²) in [5, 5.41) is 9.12. The van der Waals surface area contributed by atoms with Crippen molar-refractivity contribution in [1.82, 2.24) is 9.80 Å². The van der Waals surface area contributed by atoms with Crippen LogP contribution in [0.5, 0.6) is 0 Å². The van der Waals surface area contributed by atoms with Crippen molar-refractivity contribution in [2.75, 3.05) is 33.8 Å². The van der Waals surface area contributed by atoms with E-state index in [0.717, 1.165) is 44.5 Å². The van der Waals surface area contributed by atoms with Crippen LogP contribution in [0.4, 0.5) is 4.39 Å². The minimum Gasteiger partial charge on any atom is -0.396 e. The monoisotopic (exact) mass is 308 g/mol. The molecule has 22 heavy (non-hydrogen) atoms. The van der Waals surface area contributed by atoms with E-state index in [9.17, 15) is 4.39 Å². The van der Waals surface area contributed by atoms with E-state index < -0.39 is 0 Å². The number of aliphatic hydroxyl groups excluding tert-OH is 1. The highest BCUT2D eigenvalue weighted by Gasteiger charge is 2.30. The third-order valence-electron chi connectivity index (χ3n) is 4.87. The van der Waals surface area contributed by atoms with Gasteiger partial charge >= 0.3 is 0 Å². The second-order valence-corrected chi connectivity index (χ2v) is 6.75. The number of rotatable bonds is 6. The molecular weight excluding hydrogens is 279 g/mol. The van der Waals surface area contributed by atoms with Crippen LogP contribution in [0.3, 0.4) is 0 Å². The largest absolute Gasteiger partial charge is 0.396 e. The van der Waals surface area contributed by atoms with Crippen molar-refractivity contribution in [3.8, 4) is 0 Å². The van der Waals surface area contributed by atoms with Gasteiger partial charge in [-0.25, -0.2) is 4.39 Å². The van der Waals surface area contributed by atoms with Gasteiger partial charge in [0.05, 0.1) is 0 Å². The molecule has 1 aromatic carbocycles. The summed E-state index contributed by atoms with van der Waals surface area (Å²) in [6.07, 6.45) is 3.10. The summed E-state index contributed by atoms with van der Waals surface area (Å²) >= 11 is 0. The van der Waals surface area contributed by atoms with Crippen molar-refractivity contribution < 1.29 is 9.50 Å². The van der Waals surface area contributed by atoms with E-state index in [2.05, 4.69) is 23.9 Å². The summed E-state index contributed by atoms with van der Waals surface area (Å²) in [7, 11) is 4.30. The first-order valence-electron chi connectivity index (χ1n) is 8.26. The van der Waals surface area contributed by atoms with Gasteiger partial charge in [-0.05, 0) is 76.0 Å². The normalized spacial score (nSPS) is 23.2. The molecule has 1 N–H and O–H groups in total. The summed E-state index contributed by atoms with van der Waals surface area (Å²) in [6.45, 7) is 5.28. The van der Waals surface area contributed by atoms with E-state index in [1.165, 1.54) is 5.56 Å². The number of benzene rings is 1. The first-order chi connectivity index (χ1) is 10.5. The molecule has 124 valence electrons. The van der Waals surface area contributed by atoms with Gasteiger partial charge in [0.2, 0.25) is 0 Å². The predicted octanol–water partition coefficient (Wildman–Crippen LogP) is 2.66. The van der Waals surface area contributed by atoms with Crippen LogP contribution < -0.4 is 0 Å². The molecule has 0 spiro atoms. The van der Waals surface area contributed by atoms with Crippen LogP contribution in [-0.4, -0.2) is 54.7 Å². The molecular formula is C18H29FN2O. The van der Waals surface area contributed by atoms with Crippen LogP contribution in [0.1, 0.15) is 30.4 Å². The van der Waals surface area contributed by atoms with E-state index in [1.54, 1.807) is 12.1 Å². The fourth-order valence-electron chi connectivity index (χ4n) is 3.63. The molecule has 4 heteroatoms. The number of hydrogen-bond acceptors (Lipinski definition) is 3. The number of aliphatic hydroxyl groups is 1. The highest BCUT2D eigenvalue weighted by Crippen LogP contribution is 2.26. The fraction of sp³-hybridized carbons (Fsp3) is 0.667. The van der Waals surface area contributed by atoms with Crippen molar-refractivity contribution in [1.29, 1.82) is 0 Å². The van der Waals surface area contributed by atoms with Crippen molar-refractivity contribution in [2.45, 2.75) is 38.8 Å². The molecule has 0 aliphatic carbocycles. The average Bonchev–Trinajstić information content (AvgIpc) is 2.48. The molecule has 0 radical (unpaired) electrons. The fourth-order valence-corrected chi connectivity index (χ4v) is 3.63. The molecule has 0 amide bonds. The molecule has 0 aromatic heterocycles. The third kappa shape index (κ3) is 4.51. The van der Waals surface area contributed by atoms with Crippen LogP contribution >= 0.6 is 0 Å². The zero-order valence-corrected chi connectivity index (χ0v) is 14.1. The topological polar surface area (TPSA) is 26.7 Å². The summed E-state index contributed by atoms with van der Waals surface area (Å²) in [6, 6.07) is 5.67. The number of halogens is 1. The number of hydrogen-bond donors (Lipinski definition) is 1. The summed E-state index contributed by atoms with van der Waals surface area (Å²) in [5.41, 5.74) is 2.24. The van der Waals surface area contributed by atoms with Crippen LogP contribution in [0.2, 0.25) is 0 Å². The SMILES string of the molecule is Cc1cc(F)ccc1CN1CC[C@@H](N(C)C)[C@@H](CCCO)C1. The zero-order valence-electron chi connectivity index (χ0n) is 14.1. The predicted molar refractivity (Wildman–Crippen MR) is 88.3 cm³/mol. The highest BCUT2D eigenvalue weighted by atomic mass is 19.1. The van der Waals surface area contributed by atoms with Gasteiger partial charge in [0.1, 0.15) is 5.82 Å². The molecule has 2 atom stereocenters. The van der Waals surface area contributed by atoms with Crippen molar-refractivity contribution in [2.24, 2.45) is 5.92 Å². The van der Waals surface area contributed by atoms with Crippen LogP contribution in [0, 0.1) is 18.7 Å². The number of nitrogens with zero attached hydrogens (tertiary/aromatic N) is 2. The third-order valence-corrected chi connectivity index (χ3v) is 4.87. The zero-order chi connectivity index (χ0) is 16.1. The molecule has 0 unspecified atom stereocenters. The Labute approximate surface area is 133 Å². The second kappa shape index (κ2) is 8.04. The standard InChI is InChI=1S/C18H29FN2O/c1-14-11-17(19)7-6-15(14)12-21-9-8-18(20(2)3)16(13-21)5-4-10-22/h6-7,11,16,18,22H,4-5,8-10,12-13H2,1-3H3/t16-,18+/m0/s1. The molecule has 1 heterocycles. The van der Waals surface area contributed by atoms with Gasteiger partial charge in [-0.1, -0.05) is 6.07 Å². The smallest absolute Gasteiger partial charge is 0.123 e. The molecule has 1 saturated heterocycles. The maximum absolute atomic E-state index is 13.2. The number of likely N-dealkylation sites (tertiary alicyclic amines) is 1. The Hall–Kier alpha value is -0.970. The van der Waals surface area contributed by atoms with Gasteiger partial charge in [0.25, 0.3) is 0 Å². The summed E-state index contributed by atoms with van der Waals surface area (Å²) in [4.78, 5) is 4.80. The van der Waals surface area contributed by atoms with Crippen molar-refractivity contribution in [3.05, 3.63) is 35.1 Å². The van der Waals surface area contributed by atoms with Crippen LogP contribution in [0.15, 0.2) is 18.2 Å². The average molecular weight is 308 g/mol. The van der Waals surface area contributed by atoms with E-state index >= 15 is 0 Å². The Morgan fingerprint density at radius 1 is 1.36 bits per heavy atom. The van der Waals surface area contributed by atoms with Gasteiger partial charge in [-0.2, -0.15) is 0 Å². The first-order valence-corrected chi connectivity index (χ1v) is 8.26. The minimum atomic E-state index is -0.159. The maximum Gasteiger partial charge on any atom is 0.123 e. The lowest BCUT2D eigenvalue weighted by Crippen LogP contribution is -2.48. The Morgan fingerprint density at radius 3 is 2.77 bits per heavy atom. The molecule has 0 bridgehead atoms. The number of aryl methyl sites for hydroxylation is 1. The lowest BCUT2D eigenvalue weighted by molar-refractivity contribution is 0.0716. The van der Waals surface area contributed by atoms with Gasteiger partial charge in [-0.15, -0.1) is 0 Å². The van der Waals surface area contributed by atoms with E-state index in [-0.39, 0.29) is 12.4 Å². The molecule has 1 fully saturated rings. The Bertz CT molecular complexity index is 478. The van der Waals surface area contributed by atoms with Crippen LogP contribution in [0.25, 0.3) is 0 Å². The lowest BCUT2D eigenvalue weighted by Gasteiger charge is -2.42. The van der Waals surface area contributed by atoms with Gasteiger partial charge < -0.3 is 10.0 Å². The highest BCUT2D eigenvalue weighted by molar-refractivity contribution is 5.26. The maximum atomic E-state index is 13.2. The molecule has 1 aliphatic rings. The first kappa shape index (κ1) is 17.4. The summed E-state index contributed by atoms with van der Waals surface area (Å²) < 4.78 is 13.2. The molecule has 1 aromatic rings. The lowest BCUT2D eigenvalue weighted by atomic mass is 9.87. The van der Waals surface area contributed by atoms with Gasteiger partial charge in [-0.3, -0.25) is 4.90 Å². The number of piperidine rings is 1. The van der Waals surface area contributed by atoms with E-state index in [0.29, 0.717) is 12.0 Å². The van der Waals surface area contributed by atoms with Gasteiger partial charge in [0, 0.05) is 25.7 Å². The molecule has 1 aliphatic heterocycles. The molecule has 0 saturated carbocycles. The van der Waals surface area contributed by atoms with Crippen molar-refractivity contribution >= 4 is 0 Å². The van der Waals surface area contributed by atoms with E-state index in [1.807, 2.05) is 13.0 Å². The van der Waals surface area contributed by atoms with Crippen LogP contribution in [-0.2, 0) is 6.54 Å². The Balaban J connectivity index is 2.00. The quantitative estimate of drug-likeness (QED) is 0.875. The van der Waals surface area contributed by atoms with E-state index in [4.69, 9.17) is 5.11 Å². The molecule has 3 nitrogen and oxygen atoms in total. The van der Waals surface area contributed by atoms with Crippen molar-refractivity contribution in [3.63, 3.8) is 0 Å².